The van der Waals surface area contributed by atoms with Crippen LogP contribution in [0.3, 0.4) is 0 Å². The molecular formula is C16H25Cl2N3O2. The molecule has 0 radical (unpaired) electrons. The number of anilines is 1. The highest BCUT2D eigenvalue weighted by Crippen LogP contribution is 2.22. The van der Waals surface area contributed by atoms with Crippen LogP contribution < -0.4 is 11.1 Å². The van der Waals surface area contributed by atoms with Crippen molar-refractivity contribution < 1.29 is 9.59 Å². The van der Waals surface area contributed by atoms with Gasteiger partial charge in [0, 0.05) is 26.2 Å². The van der Waals surface area contributed by atoms with Crippen molar-refractivity contribution in [3.8, 4) is 0 Å². The van der Waals surface area contributed by atoms with Crippen LogP contribution in [-0.4, -0.2) is 37.4 Å². The first-order valence-electron chi connectivity index (χ1n) is 7.47. The number of nitrogens with zero attached hydrogens (tertiary/aromatic N) is 1. The van der Waals surface area contributed by atoms with Crippen LogP contribution in [0.15, 0.2) is 18.2 Å². The Balaban J connectivity index is 0.00000484. The molecule has 0 fully saturated rings. The molecule has 7 heteroatoms. The summed E-state index contributed by atoms with van der Waals surface area (Å²) in [4.78, 5) is 25.3. The monoisotopic (exact) mass is 361 g/mol. The van der Waals surface area contributed by atoms with E-state index >= 15 is 0 Å². The van der Waals surface area contributed by atoms with E-state index in [2.05, 4.69) is 5.32 Å². The zero-order chi connectivity index (χ0) is 16.5. The predicted octanol–water partition coefficient (Wildman–Crippen LogP) is 3.31. The van der Waals surface area contributed by atoms with Crippen molar-refractivity contribution in [2.75, 3.05) is 26.0 Å². The van der Waals surface area contributed by atoms with E-state index in [9.17, 15) is 9.59 Å². The van der Waals surface area contributed by atoms with Gasteiger partial charge in [-0.2, -0.15) is 0 Å². The number of rotatable bonds is 8. The largest absolute Gasteiger partial charge is 0.345 e. The summed E-state index contributed by atoms with van der Waals surface area (Å²) >= 11 is 6.03. The first-order chi connectivity index (χ1) is 10.5. The number of nitrogens with one attached hydrogen (secondary N) is 1. The highest BCUT2D eigenvalue weighted by atomic mass is 35.5. The van der Waals surface area contributed by atoms with Crippen molar-refractivity contribution in [2.24, 2.45) is 5.73 Å². The van der Waals surface area contributed by atoms with Crippen LogP contribution in [0.1, 0.15) is 42.5 Å². The fraction of sp³-hybridized carbons (Fsp3) is 0.500. The smallest absolute Gasteiger partial charge is 0.254 e. The lowest BCUT2D eigenvalue weighted by molar-refractivity contribution is -0.116. The van der Waals surface area contributed by atoms with Gasteiger partial charge < -0.3 is 16.0 Å². The standard InChI is InChI=1S/C16H24ClN3O2.ClH/c1-20(2)16(22)13-11-12(8-9-14(13)17)19-15(21)7-5-3-4-6-10-18;/h8-9,11H,3-7,10,18H2,1-2H3,(H,19,21);1H. The lowest BCUT2D eigenvalue weighted by atomic mass is 10.1. The van der Waals surface area contributed by atoms with Crippen LogP contribution in [0.5, 0.6) is 0 Å². The fourth-order valence-corrected chi connectivity index (χ4v) is 2.21. The number of amides is 2. The summed E-state index contributed by atoms with van der Waals surface area (Å²) in [5.74, 6) is -0.249. The molecule has 130 valence electrons. The average molecular weight is 362 g/mol. The average Bonchev–Trinajstić information content (AvgIpc) is 2.48. The number of halogens is 2. The molecule has 0 aliphatic rings. The van der Waals surface area contributed by atoms with E-state index in [0.717, 1.165) is 25.7 Å². The van der Waals surface area contributed by atoms with Crippen molar-refractivity contribution in [1.82, 2.24) is 4.90 Å². The Morgan fingerprint density at radius 2 is 1.83 bits per heavy atom. The molecule has 0 saturated carbocycles. The van der Waals surface area contributed by atoms with Gasteiger partial charge in [-0.25, -0.2) is 0 Å². The summed E-state index contributed by atoms with van der Waals surface area (Å²) in [7, 11) is 3.32. The second-order valence-corrected chi connectivity index (χ2v) is 5.80. The number of unbranched alkanes of at least 4 members (excludes halogenated alkanes) is 3. The van der Waals surface area contributed by atoms with Crippen LogP contribution in [0.4, 0.5) is 5.69 Å². The Hall–Kier alpha value is -1.30. The van der Waals surface area contributed by atoms with Gasteiger partial charge in [0.2, 0.25) is 5.91 Å². The van der Waals surface area contributed by atoms with Gasteiger partial charge in [-0.15, -0.1) is 12.4 Å². The number of carbonyl (C=O) groups excluding carboxylic acids is 2. The molecule has 0 aromatic heterocycles. The molecule has 0 heterocycles. The third-order valence-corrected chi connectivity index (χ3v) is 3.57. The number of hydrogen-bond donors (Lipinski definition) is 2. The van der Waals surface area contributed by atoms with E-state index < -0.39 is 0 Å². The highest BCUT2D eigenvalue weighted by molar-refractivity contribution is 6.34. The first-order valence-corrected chi connectivity index (χ1v) is 7.84. The zero-order valence-corrected chi connectivity index (χ0v) is 15.2. The minimum Gasteiger partial charge on any atom is -0.345 e. The molecule has 0 bridgehead atoms. The Morgan fingerprint density at radius 1 is 1.17 bits per heavy atom. The van der Waals surface area contributed by atoms with E-state index in [-0.39, 0.29) is 24.2 Å². The second kappa shape index (κ2) is 11.3. The van der Waals surface area contributed by atoms with E-state index in [1.54, 1.807) is 32.3 Å². The highest BCUT2D eigenvalue weighted by Gasteiger charge is 2.13. The third kappa shape index (κ3) is 7.68. The molecule has 5 nitrogen and oxygen atoms in total. The molecule has 0 aliphatic carbocycles. The Labute approximate surface area is 149 Å². The van der Waals surface area contributed by atoms with Crippen molar-refractivity contribution in [3.05, 3.63) is 28.8 Å². The summed E-state index contributed by atoms with van der Waals surface area (Å²) in [6.45, 7) is 0.694. The van der Waals surface area contributed by atoms with E-state index in [4.69, 9.17) is 17.3 Å². The molecule has 3 N–H and O–H groups in total. The Bertz CT molecular complexity index is 522. The van der Waals surface area contributed by atoms with E-state index in [0.29, 0.717) is 29.2 Å². The van der Waals surface area contributed by atoms with Gasteiger partial charge in [0.15, 0.2) is 0 Å². The summed E-state index contributed by atoms with van der Waals surface area (Å²) in [6, 6.07) is 4.92. The lowest BCUT2D eigenvalue weighted by Crippen LogP contribution is -2.22. The predicted molar refractivity (Wildman–Crippen MR) is 97.5 cm³/mol. The van der Waals surface area contributed by atoms with Gasteiger partial charge >= 0.3 is 0 Å². The molecule has 0 atom stereocenters. The first kappa shape index (κ1) is 21.7. The quantitative estimate of drug-likeness (QED) is 0.697. The van der Waals surface area contributed by atoms with Crippen LogP contribution >= 0.6 is 24.0 Å². The SMILES string of the molecule is CN(C)C(=O)c1cc(NC(=O)CCCCCCN)ccc1Cl.Cl. The summed E-state index contributed by atoms with van der Waals surface area (Å²) in [5.41, 5.74) is 6.39. The minimum absolute atomic E-state index is 0. The van der Waals surface area contributed by atoms with Crippen molar-refractivity contribution >= 4 is 41.5 Å². The Kier molecular flexibility index (Phi) is 10.6. The molecule has 23 heavy (non-hydrogen) atoms. The summed E-state index contributed by atoms with van der Waals surface area (Å²) < 4.78 is 0. The minimum atomic E-state index is -0.192. The van der Waals surface area contributed by atoms with E-state index in [1.807, 2.05) is 0 Å². The van der Waals surface area contributed by atoms with Gasteiger partial charge in [0.1, 0.15) is 0 Å². The van der Waals surface area contributed by atoms with Crippen LogP contribution in [0.25, 0.3) is 0 Å². The zero-order valence-electron chi connectivity index (χ0n) is 13.6. The molecule has 1 aromatic carbocycles. The van der Waals surface area contributed by atoms with Gasteiger partial charge in [-0.1, -0.05) is 24.4 Å². The molecule has 2 amide bonds. The molecular weight excluding hydrogens is 337 g/mol. The van der Waals surface area contributed by atoms with Crippen LogP contribution in [-0.2, 0) is 4.79 Å². The van der Waals surface area contributed by atoms with Crippen molar-refractivity contribution in [1.29, 1.82) is 0 Å². The van der Waals surface area contributed by atoms with Gasteiger partial charge in [0.05, 0.1) is 10.6 Å². The molecule has 1 aromatic rings. The maximum Gasteiger partial charge on any atom is 0.254 e. The summed E-state index contributed by atoms with van der Waals surface area (Å²) in [6.07, 6.45) is 4.34. The lowest BCUT2D eigenvalue weighted by Gasteiger charge is -2.13. The maximum atomic E-state index is 12.0. The number of carbonyl (C=O) groups is 2. The van der Waals surface area contributed by atoms with Gasteiger partial charge in [-0.05, 0) is 37.6 Å². The molecule has 0 aliphatic heterocycles. The fourth-order valence-electron chi connectivity index (χ4n) is 2.01. The molecule has 1 rings (SSSR count). The number of benzene rings is 1. The normalized spacial score (nSPS) is 9.91. The molecule has 0 spiro atoms. The maximum absolute atomic E-state index is 12.0. The van der Waals surface area contributed by atoms with Gasteiger partial charge in [0.25, 0.3) is 5.91 Å². The van der Waals surface area contributed by atoms with Crippen molar-refractivity contribution in [3.63, 3.8) is 0 Å². The van der Waals surface area contributed by atoms with Crippen LogP contribution in [0, 0.1) is 0 Å². The number of hydrogen-bond acceptors (Lipinski definition) is 3. The Morgan fingerprint density at radius 3 is 2.43 bits per heavy atom. The van der Waals surface area contributed by atoms with E-state index in [1.165, 1.54) is 4.90 Å². The molecule has 0 saturated heterocycles. The third-order valence-electron chi connectivity index (χ3n) is 3.24. The molecule has 0 unspecified atom stereocenters. The topological polar surface area (TPSA) is 75.4 Å². The van der Waals surface area contributed by atoms with Gasteiger partial charge in [-0.3, -0.25) is 9.59 Å². The van der Waals surface area contributed by atoms with Crippen LogP contribution in [0.2, 0.25) is 5.02 Å². The summed E-state index contributed by atoms with van der Waals surface area (Å²) in [5, 5.41) is 3.17. The second-order valence-electron chi connectivity index (χ2n) is 5.40. The van der Waals surface area contributed by atoms with Crippen molar-refractivity contribution in [2.45, 2.75) is 32.1 Å². The number of nitrogens with two attached hydrogens (primary N) is 1.